The zero-order valence-electron chi connectivity index (χ0n) is 12.1. The van der Waals surface area contributed by atoms with E-state index in [4.69, 9.17) is 4.74 Å². The predicted molar refractivity (Wildman–Crippen MR) is 78.3 cm³/mol. The highest BCUT2D eigenvalue weighted by atomic mass is 16.5. The monoisotopic (exact) mass is 275 g/mol. The van der Waals surface area contributed by atoms with Crippen LogP contribution in [0.4, 0.5) is 0 Å². The number of rotatable bonds is 5. The molecule has 2 N–H and O–H groups in total. The second-order valence-electron chi connectivity index (χ2n) is 5.33. The Bertz CT molecular complexity index is 512. The zero-order valence-corrected chi connectivity index (χ0v) is 12.1. The minimum Gasteiger partial charge on any atom is -0.380 e. The Morgan fingerprint density at radius 3 is 2.90 bits per heavy atom. The second kappa shape index (κ2) is 6.52. The van der Waals surface area contributed by atoms with Gasteiger partial charge in [-0.25, -0.2) is 0 Å². The molecule has 5 heteroatoms. The topological polar surface area (TPSA) is 62.7 Å². The van der Waals surface area contributed by atoms with E-state index < -0.39 is 0 Å². The van der Waals surface area contributed by atoms with Crippen molar-refractivity contribution < 1.29 is 9.53 Å². The first-order valence-electron chi connectivity index (χ1n) is 6.79. The molecule has 1 fully saturated rings. The van der Waals surface area contributed by atoms with Crippen LogP contribution in [0.3, 0.4) is 0 Å². The number of carbonyl (C=O) groups excluding carboxylic acids is 1. The number of methoxy groups -OCH3 is 1. The van der Waals surface area contributed by atoms with E-state index >= 15 is 0 Å². The molecule has 1 aromatic rings. The summed E-state index contributed by atoms with van der Waals surface area (Å²) in [6.07, 6.45) is 0. The third-order valence-electron chi connectivity index (χ3n) is 2.99. The van der Waals surface area contributed by atoms with Crippen molar-refractivity contribution in [1.82, 2.24) is 10.6 Å². The van der Waals surface area contributed by atoms with Crippen molar-refractivity contribution in [3.63, 3.8) is 0 Å². The van der Waals surface area contributed by atoms with Crippen LogP contribution in [0.15, 0.2) is 29.3 Å². The van der Waals surface area contributed by atoms with Crippen LogP contribution in [0.1, 0.15) is 31.0 Å². The van der Waals surface area contributed by atoms with Crippen molar-refractivity contribution in [2.75, 3.05) is 13.7 Å². The number of ether oxygens (including phenoxy) is 1. The molecule has 0 aliphatic carbocycles. The maximum atomic E-state index is 12.0. The third-order valence-corrected chi connectivity index (χ3v) is 2.99. The Balaban J connectivity index is 2.11. The van der Waals surface area contributed by atoms with Gasteiger partial charge in [-0.15, -0.1) is 0 Å². The number of nitrogens with one attached hydrogen (secondary N) is 2. The minimum absolute atomic E-state index is 0.0675. The van der Waals surface area contributed by atoms with E-state index in [1.165, 1.54) is 0 Å². The number of carbonyl (C=O) groups is 1. The molecule has 20 heavy (non-hydrogen) atoms. The number of hydrogen-bond donors (Lipinski definition) is 2. The van der Waals surface area contributed by atoms with Crippen LogP contribution in [0.2, 0.25) is 0 Å². The average molecular weight is 275 g/mol. The summed E-state index contributed by atoms with van der Waals surface area (Å²) in [5.74, 6) is 0.957. The van der Waals surface area contributed by atoms with Crippen LogP contribution < -0.4 is 10.6 Å². The van der Waals surface area contributed by atoms with E-state index in [0.29, 0.717) is 25.0 Å². The molecular formula is C15H21N3O2. The summed E-state index contributed by atoms with van der Waals surface area (Å²) in [4.78, 5) is 16.4. The van der Waals surface area contributed by atoms with Gasteiger partial charge in [0, 0.05) is 13.7 Å². The first-order valence-corrected chi connectivity index (χ1v) is 6.79. The summed E-state index contributed by atoms with van der Waals surface area (Å²) >= 11 is 0. The third kappa shape index (κ3) is 3.57. The molecule has 1 aliphatic heterocycles. The van der Waals surface area contributed by atoms with E-state index in [1.807, 2.05) is 24.3 Å². The van der Waals surface area contributed by atoms with Crippen LogP contribution in [0, 0.1) is 5.92 Å². The van der Waals surface area contributed by atoms with Gasteiger partial charge in [0.15, 0.2) is 5.96 Å². The van der Waals surface area contributed by atoms with Gasteiger partial charge in [-0.1, -0.05) is 38.1 Å². The van der Waals surface area contributed by atoms with E-state index in [2.05, 4.69) is 29.5 Å². The molecule has 1 heterocycles. The van der Waals surface area contributed by atoms with Gasteiger partial charge in [0.2, 0.25) is 0 Å². The molecule has 1 aliphatic rings. The van der Waals surface area contributed by atoms with Gasteiger partial charge in [0.25, 0.3) is 5.91 Å². The number of aliphatic imine (C=N–C) groups is 1. The Hall–Kier alpha value is -1.88. The molecule has 2 rings (SSSR count). The minimum atomic E-state index is -0.377. The SMILES string of the molecule is COCc1cccc(C2NC(=NCC(C)C)NC2=O)c1. The normalized spacial score (nSPS) is 20.3. The molecule has 0 bridgehead atoms. The van der Waals surface area contributed by atoms with Crippen molar-refractivity contribution in [1.29, 1.82) is 0 Å². The predicted octanol–water partition coefficient (Wildman–Crippen LogP) is 1.61. The molecule has 0 spiro atoms. The van der Waals surface area contributed by atoms with Crippen LogP contribution >= 0.6 is 0 Å². The van der Waals surface area contributed by atoms with Gasteiger partial charge in [-0.3, -0.25) is 15.1 Å². The Morgan fingerprint density at radius 1 is 1.40 bits per heavy atom. The summed E-state index contributed by atoms with van der Waals surface area (Å²) < 4.78 is 5.11. The highest BCUT2D eigenvalue weighted by Gasteiger charge is 2.29. The standard InChI is InChI=1S/C15H21N3O2/c1-10(2)8-16-15-17-13(14(19)18-15)12-6-4-5-11(7-12)9-20-3/h4-7,10,13H,8-9H2,1-3H3,(H2,16,17,18,19). The van der Waals surface area contributed by atoms with E-state index in [9.17, 15) is 4.79 Å². The molecule has 1 unspecified atom stereocenters. The maximum absolute atomic E-state index is 12.0. The molecule has 0 saturated carbocycles. The van der Waals surface area contributed by atoms with Crippen molar-refractivity contribution >= 4 is 11.9 Å². The van der Waals surface area contributed by atoms with Gasteiger partial charge in [-0.2, -0.15) is 0 Å². The van der Waals surface area contributed by atoms with Crippen LogP contribution in [0.5, 0.6) is 0 Å². The lowest BCUT2D eigenvalue weighted by molar-refractivity contribution is -0.120. The summed E-state index contributed by atoms with van der Waals surface area (Å²) in [5.41, 5.74) is 1.97. The number of benzene rings is 1. The van der Waals surface area contributed by atoms with E-state index in [1.54, 1.807) is 7.11 Å². The van der Waals surface area contributed by atoms with Crippen LogP contribution in [-0.2, 0) is 16.1 Å². The molecule has 1 atom stereocenters. The smallest absolute Gasteiger partial charge is 0.253 e. The number of amides is 1. The first kappa shape index (κ1) is 14.5. The zero-order chi connectivity index (χ0) is 14.5. The van der Waals surface area contributed by atoms with Crippen LogP contribution in [-0.4, -0.2) is 25.5 Å². The van der Waals surface area contributed by atoms with Crippen LogP contribution in [0.25, 0.3) is 0 Å². The molecule has 0 radical (unpaired) electrons. The first-order chi connectivity index (χ1) is 9.60. The van der Waals surface area contributed by atoms with Gasteiger partial charge < -0.3 is 10.1 Å². The average Bonchev–Trinajstić information content (AvgIpc) is 2.78. The fraction of sp³-hybridized carbons (Fsp3) is 0.467. The Morgan fingerprint density at radius 2 is 2.20 bits per heavy atom. The van der Waals surface area contributed by atoms with Gasteiger partial charge in [0.1, 0.15) is 6.04 Å². The number of nitrogens with zero attached hydrogens (tertiary/aromatic N) is 1. The highest BCUT2D eigenvalue weighted by Crippen LogP contribution is 2.18. The number of guanidine groups is 1. The summed E-state index contributed by atoms with van der Waals surface area (Å²) in [6.45, 7) is 5.41. The van der Waals surface area contributed by atoms with Crippen molar-refractivity contribution in [2.45, 2.75) is 26.5 Å². The van der Waals surface area contributed by atoms with E-state index in [-0.39, 0.29) is 11.9 Å². The fourth-order valence-electron chi connectivity index (χ4n) is 2.05. The molecular weight excluding hydrogens is 254 g/mol. The summed E-state index contributed by atoms with van der Waals surface area (Å²) in [6, 6.07) is 7.45. The van der Waals surface area contributed by atoms with Gasteiger partial charge >= 0.3 is 0 Å². The molecule has 1 saturated heterocycles. The molecule has 5 nitrogen and oxygen atoms in total. The molecule has 108 valence electrons. The molecule has 0 aromatic heterocycles. The summed E-state index contributed by atoms with van der Waals surface area (Å²) in [7, 11) is 1.66. The highest BCUT2D eigenvalue weighted by molar-refractivity contribution is 6.06. The van der Waals surface area contributed by atoms with Gasteiger partial charge in [-0.05, 0) is 17.0 Å². The lowest BCUT2D eigenvalue weighted by atomic mass is 10.0. The van der Waals surface area contributed by atoms with Crippen molar-refractivity contribution in [3.8, 4) is 0 Å². The Kier molecular flexibility index (Phi) is 4.74. The fourth-order valence-corrected chi connectivity index (χ4v) is 2.05. The Labute approximate surface area is 119 Å². The molecule has 1 aromatic carbocycles. The number of hydrogen-bond acceptors (Lipinski definition) is 3. The quantitative estimate of drug-likeness (QED) is 0.858. The lowest BCUT2D eigenvalue weighted by Crippen LogP contribution is -2.26. The maximum Gasteiger partial charge on any atom is 0.253 e. The largest absolute Gasteiger partial charge is 0.380 e. The van der Waals surface area contributed by atoms with E-state index in [0.717, 1.165) is 11.1 Å². The summed E-state index contributed by atoms with van der Waals surface area (Å²) in [5, 5.41) is 5.91. The van der Waals surface area contributed by atoms with Crippen molar-refractivity contribution in [2.24, 2.45) is 10.9 Å². The lowest BCUT2D eigenvalue weighted by Gasteiger charge is -2.10. The molecule has 1 amide bonds. The van der Waals surface area contributed by atoms with Crippen molar-refractivity contribution in [3.05, 3.63) is 35.4 Å². The second-order valence-corrected chi connectivity index (χ2v) is 5.33. The van der Waals surface area contributed by atoms with Gasteiger partial charge in [0.05, 0.1) is 6.61 Å².